The van der Waals surface area contributed by atoms with Gasteiger partial charge in [-0.3, -0.25) is 13.8 Å². The molecule has 0 aromatic carbocycles. The Hall–Kier alpha value is -2.62. The van der Waals surface area contributed by atoms with Crippen LogP contribution in [0.4, 0.5) is 0 Å². The number of phosphoric acid groups is 1. The van der Waals surface area contributed by atoms with Gasteiger partial charge in [-0.1, -0.05) is 188 Å². The Bertz CT molecular complexity index is 1430. The van der Waals surface area contributed by atoms with Crippen molar-refractivity contribution in [1.29, 1.82) is 0 Å². The number of amides is 1. The third kappa shape index (κ3) is 48.2. The smallest absolute Gasteiger partial charge is 0.390 e. The van der Waals surface area contributed by atoms with Crippen LogP contribution in [0.25, 0.3) is 0 Å². The van der Waals surface area contributed by atoms with Crippen LogP contribution in [0, 0.1) is 0 Å². The van der Waals surface area contributed by atoms with E-state index in [0.29, 0.717) is 30.3 Å². The van der Waals surface area contributed by atoms with Crippen molar-refractivity contribution in [2.75, 3.05) is 40.9 Å². The number of aliphatic hydroxyl groups is 2. The fourth-order valence-corrected chi connectivity index (χ4v) is 7.90. The molecule has 0 aliphatic rings. The molecule has 0 saturated heterocycles. The summed E-state index contributed by atoms with van der Waals surface area (Å²) in [6, 6.07) is -1.06. The van der Waals surface area contributed by atoms with Crippen LogP contribution < -0.4 is 5.32 Å². The molecule has 0 aromatic heterocycles. The first-order valence-corrected chi connectivity index (χ1v) is 28.2. The fraction of sp³-hybridized carbons (Fsp3) is 0.702. The van der Waals surface area contributed by atoms with Gasteiger partial charge in [-0.25, -0.2) is 4.57 Å². The summed E-state index contributed by atoms with van der Waals surface area (Å²) in [5.41, 5.74) is 0. The molecule has 4 unspecified atom stereocenters. The second-order valence-electron chi connectivity index (χ2n) is 19.0. The van der Waals surface area contributed by atoms with Gasteiger partial charge in [-0.15, -0.1) is 0 Å². The van der Waals surface area contributed by atoms with E-state index in [1.54, 1.807) is 0 Å². The molecule has 0 aliphatic carbocycles. The summed E-state index contributed by atoms with van der Waals surface area (Å²) in [5, 5.41) is 24.7. The Balaban J connectivity index is 4.25. The molecule has 386 valence electrons. The number of hydrogen-bond acceptors (Lipinski definition) is 6. The number of nitrogens with one attached hydrogen (secondary N) is 1. The molecule has 4 N–H and O–H groups in total. The number of rotatable bonds is 47. The van der Waals surface area contributed by atoms with Gasteiger partial charge < -0.3 is 24.9 Å². The van der Waals surface area contributed by atoms with Gasteiger partial charge in [0.15, 0.2) is 0 Å². The van der Waals surface area contributed by atoms with Gasteiger partial charge in [0.25, 0.3) is 0 Å². The molecule has 0 bridgehead atoms. The van der Waals surface area contributed by atoms with Gasteiger partial charge in [-0.2, -0.15) is 0 Å². The molecular weight excluding hydrogens is 856 g/mol. The van der Waals surface area contributed by atoms with E-state index in [0.717, 1.165) is 83.5 Å². The monoisotopic (exact) mass is 958 g/mol. The number of likely N-dealkylation sites (N-methyl/N-ethyl adjacent to an activating group) is 1. The lowest BCUT2D eigenvalue weighted by molar-refractivity contribution is -0.870. The normalized spacial score (nSPS) is 15.3. The molecule has 0 heterocycles. The zero-order valence-corrected chi connectivity index (χ0v) is 44.4. The van der Waals surface area contributed by atoms with Gasteiger partial charge in [0.05, 0.1) is 39.9 Å². The van der Waals surface area contributed by atoms with Crippen LogP contribution in [0.3, 0.4) is 0 Å². The quantitative estimate of drug-likeness (QED) is 0.0207. The minimum Gasteiger partial charge on any atom is -0.390 e. The number of unbranched alkanes of at least 4 members (excludes halogenated alkanes) is 17. The summed E-state index contributed by atoms with van der Waals surface area (Å²) < 4.78 is 23.5. The number of aliphatic hydroxyl groups excluding tert-OH is 2. The first kappa shape index (κ1) is 64.4. The van der Waals surface area contributed by atoms with E-state index < -0.39 is 32.7 Å². The SMILES string of the molecule is CC/C=C\C/C=C\C/C=C\C/C=C\C/C=C\C/C=C\CCCCCCCCCCCCCCC(=O)NC(COP(=O)(O)OCC[N+](C)(C)C)C(O)C(O)CCC/C=C/CC/C=C/CCCCC. The van der Waals surface area contributed by atoms with Crippen LogP contribution in [-0.4, -0.2) is 84.6 Å². The molecule has 4 atom stereocenters. The van der Waals surface area contributed by atoms with Crippen molar-refractivity contribution >= 4 is 13.7 Å². The zero-order chi connectivity index (χ0) is 49.4. The van der Waals surface area contributed by atoms with E-state index in [1.807, 2.05) is 21.1 Å². The number of carbonyl (C=O) groups excluding carboxylic acids is 1. The van der Waals surface area contributed by atoms with E-state index >= 15 is 0 Å². The van der Waals surface area contributed by atoms with Crippen LogP contribution >= 0.6 is 7.82 Å². The van der Waals surface area contributed by atoms with Crippen molar-refractivity contribution in [3.8, 4) is 0 Å². The van der Waals surface area contributed by atoms with Gasteiger partial charge in [0.2, 0.25) is 5.91 Å². The predicted octanol–water partition coefficient (Wildman–Crippen LogP) is 14.8. The first-order valence-electron chi connectivity index (χ1n) is 26.7. The highest BCUT2D eigenvalue weighted by atomic mass is 31.2. The van der Waals surface area contributed by atoms with Crippen LogP contribution in [0.2, 0.25) is 0 Å². The van der Waals surface area contributed by atoms with Crippen LogP contribution in [0.5, 0.6) is 0 Å². The Morgan fingerprint density at radius 3 is 1.42 bits per heavy atom. The molecule has 0 spiro atoms. The van der Waals surface area contributed by atoms with Crippen molar-refractivity contribution in [3.05, 3.63) is 97.2 Å². The molecule has 0 aromatic rings. The number of carbonyl (C=O) groups is 1. The number of quaternary nitrogens is 1. The summed E-state index contributed by atoms with van der Waals surface area (Å²) in [5.74, 6) is -0.279. The number of nitrogens with zero attached hydrogens (tertiary/aromatic N) is 1. The van der Waals surface area contributed by atoms with Gasteiger partial charge in [0, 0.05) is 6.42 Å². The van der Waals surface area contributed by atoms with Crippen molar-refractivity contribution in [2.24, 2.45) is 0 Å². The van der Waals surface area contributed by atoms with Crippen molar-refractivity contribution < 1.29 is 38.0 Å². The van der Waals surface area contributed by atoms with E-state index in [9.17, 15) is 24.5 Å². The van der Waals surface area contributed by atoms with Gasteiger partial charge >= 0.3 is 7.82 Å². The molecule has 10 heteroatoms. The van der Waals surface area contributed by atoms with E-state index in [4.69, 9.17) is 9.05 Å². The minimum atomic E-state index is -4.44. The lowest BCUT2D eigenvalue weighted by Crippen LogP contribution is -2.51. The topological polar surface area (TPSA) is 125 Å². The highest BCUT2D eigenvalue weighted by Crippen LogP contribution is 2.43. The Morgan fingerprint density at radius 1 is 0.537 bits per heavy atom. The maximum absolute atomic E-state index is 13.0. The second kappa shape index (κ2) is 47.1. The molecule has 0 aliphatic heterocycles. The maximum Gasteiger partial charge on any atom is 0.472 e. The van der Waals surface area contributed by atoms with Crippen molar-refractivity contribution in [1.82, 2.24) is 5.32 Å². The number of hydrogen-bond donors (Lipinski definition) is 4. The fourth-order valence-electron chi connectivity index (χ4n) is 7.16. The Kier molecular flexibility index (Phi) is 45.2. The summed E-state index contributed by atoms with van der Waals surface area (Å²) >= 11 is 0. The molecule has 67 heavy (non-hydrogen) atoms. The molecule has 0 fully saturated rings. The lowest BCUT2D eigenvalue weighted by Gasteiger charge is -2.28. The summed E-state index contributed by atoms with van der Waals surface area (Å²) in [6.07, 6.45) is 63.5. The molecule has 1 amide bonds. The van der Waals surface area contributed by atoms with Crippen LogP contribution in [0.15, 0.2) is 97.2 Å². The largest absolute Gasteiger partial charge is 0.472 e. The summed E-state index contributed by atoms with van der Waals surface area (Å²) in [7, 11) is 1.39. The van der Waals surface area contributed by atoms with Gasteiger partial charge in [-0.05, 0) is 103 Å². The zero-order valence-electron chi connectivity index (χ0n) is 43.5. The van der Waals surface area contributed by atoms with Crippen molar-refractivity contribution in [2.45, 2.75) is 218 Å². The minimum absolute atomic E-state index is 0.00901. The second-order valence-corrected chi connectivity index (χ2v) is 20.4. The van der Waals surface area contributed by atoms with Crippen LogP contribution in [0.1, 0.15) is 200 Å². The molecule has 9 nitrogen and oxygen atoms in total. The van der Waals surface area contributed by atoms with E-state index in [1.165, 1.54) is 77.0 Å². The molecule has 0 rings (SSSR count). The molecular formula is C57H102N2O7P+. The third-order valence-electron chi connectivity index (χ3n) is 11.4. The van der Waals surface area contributed by atoms with Gasteiger partial charge in [0.1, 0.15) is 19.3 Å². The van der Waals surface area contributed by atoms with Crippen LogP contribution in [-0.2, 0) is 18.4 Å². The Labute approximate surface area is 411 Å². The Morgan fingerprint density at radius 2 is 0.940 bits per heavy atom. The average molecular weight is 958 g/mol. The number of phosphoric ester groups is 1. The highest BCUT2D eigenvalue weighted by Gasteiger charge is 2.31. The maximum atomic E-state index is 13.0. The predicted molar refractivity (Wildman–Crippen MR) is 287 cm³/mol. The summed E-state index contributed by atoms with van der Waals surface area (Å²) in [4.78, 5) is 23.3. The highest BCUT2D eigenvalue weighted by molar-refractivity contribution is 7.47. The molecule has 0 saturated carbocycles. The third-order valence-corrected chi connectivity index (χ3v) is 12.4. The van der Waals surface area contributed by atoms with E-state index in [2.05, 4.69) is 116 Å². The lowest BCUT2D eigenvalue weighted by atomic mass is 10.0. The first-order chi connectivity index (χ1) is 32.4. The number of allylic oxidation sites excluding steroid dienone is 16. The standard InChI is InChI=1S/C57H101N2O7P/c1-6-8-10-12-14-16-18-20-21-22-23-24-25-26-27-28-29-30-31-32-33-34-35-36-37-38-40-42-44-46-48-50-56(61)58-54(53-66-67(63,64)65-52-51-59(3,4)5)57(62)55(60)49-47-45-43-41-39-19-17-15-13-11-9-7-2/h8,10,14-17,20-21,23-24,26-27,29-30,41,43,54-55,57,60,62H,6-7,9,11-13,18-19,22,25,28,31-40,42,44-53H2,1-5H3,(H-,58,61,63,64)/p+1/b10-8-,16-14-,17-15+,21-20-,24-23-,27-26-,30-29-,43-41+. The average Bonchev–Trinajstić information content (AvgIpc) is 3.29. The summed E-state index contributed by atoms with van der Waals surface area (Å²) in [6.45, 7) is 4.41. The molecule has 0 radical (unpaired) electrons. The van der Waals surface area contributed by atoms with Crippen molar-refractivity contribution in [3.63, 3.8) is 0 Å². The van der Waals surface area contributed by atoms with E-state index in [-0.39, 0.29) is 18.9 Å².